The van der Waals surface area contributed by atoms with Gasteiger partial charge in [-0.1, -0.05) is 45.4 Å². The highest BCUT2D eigenvalue weighted by Crippen LogP contribution is 2.51. The number of aliphatic hydroxyl groups excluding tert-OH is 1. The van der Waals surface area contributed by atoms with Gasteiger partial charge in [-0.3, -0.25) is 4.79 Å². The number of amides is 1. The van der Waals surface area contributed by atoms with Crippen LogP contribution in [0.25, 0.3) is 0 Å². The smallest absolute Gasteiger partial charge is 0.335 e. The number of rotatable bonds is 5. The molecule has 2 aliphatic carbocycles. The first-order valence-corrected chi connectivity index (χ1v) is 10.8. The molecule has 1 amide bonds. The molecule has 0 radical (unpaired) electrons. The normalized spacial score (nSPS) is 32.2. The van der Waals surface area contributed by atoms with Crippen LogP contribution in [0.2, 0.25) is 0 Å². The number of aliphatic hydroxyl groups is 1. The average Bonchev–Trinajstić information content (AvgIpc) is 3.08. The third kappa shape index (κ3) is 6.96. The molecule has 1 aliphatic heterocycles. The summed E-state index contributed by atoms with van der Waals surface area (Å²) in [6, 6.07) is -0.259. The van der Waals surface area contributed by atoms with Gasteiger partial charge in [0.25, 0.3) is 0 Å². The van der Waals surface area contributed by atoms with Gasteiger partial charge in [-0.15, -0.1) is 0 Å². The van der Waals surface area contributed by atoms with Gasteiger partial charge in [0.15, 0.2) is 0 Å². The Hall–Kier alpha value is -1.66. The van der Waals surface area contributed by atoms with Gasteiger partial charge < -0.3 is 19.9 Å². The lowest BCUT2D eigenvalue weighted by atomic mass is 9.58. The summed E-state index contributed by atoms with van der Waals surface area (Å²) in [5.41, 5.74) is 2.25. The highest BCUT2D eigenvalue weighted by Gasteiger charge is 2.43. The highest BCUT2D eigenvalue weighted by molar-refractivity contribution is 5.92. The first kappa shape index (κ1) is 25.4. The summed E-state index contributed by atoms with van der Waals surface area (Å²) in [5.74, 6) is 1.26. The Labute approximate surface area is 177 Å². The van der Waals surface area contributed by atoms with Crippen molar-refractivity contribution in [3.8, 4) is 0 Å². The van der Waals surface area contributed by atoms with Crippen molar-refractivity contribution in [3.05, 3.63) is 23.8 Å². The van der Waals surface area contributed by atoms with Crippen LogP contribution in [-0.4, -0.2) is 43.5 Å². The zero-order chi connectivity index (χ0) is 21.9. The third-order valence-corrected chi connectivity index (χ3v) is 6.24. The minimum Gasteiger partial charge on any atom is -0.460 e. The zero-order valence-corrected chi connectivity index (χ0v) is 18.5. The number of allylic oxidation sites excluding steroid dienone is 2. The summed E-state index contributed by atoms with van der Waals surface area (Å²) in [4.78, 5) is 20.9. The molecule has 4 atom stereocenters. The molecule has 29 heavy (non-hydrogen) atoms. The predicted octanol–water partition coefficient (Wildman–Crippen LogP) is 3.99. The lowest BCUT2D eigenvalue weighted by Crippen LogP contribution is -2.42. The third-order valence-electron chi connectivity index (χ3n) is 6.24. The standard InChI is InChI=1S/C14H24O2.C7H9NO3.C2H6.H2/c1-11-5-6-13-12(8-11)4-3-7-14(13,2)9-16-10-15;1-2-5-6(8-4-9)3-11-7(5)10;1-2;/h12-13,15H,1,3-10H2,2H3;2,4,6H,3H2,1H3,(H,8,9);1-2H3;1H/b;5-2+;;/t12?,13-,14-;;;/m0.../s1. The maximum Gasteiger partial charge on any atom is 0.335 e. The molecule has 1 saturated heterocycles. The van der Waals surface area contributed by atoms with E-state index in [0.29, 0.717) is 12.0 Å². The summed E-state index contributed by atoms with van der Waals surface area (Å²) in [6.45, 7) is 13.0. The molecule has 2 unspecified atom stereocenters. The lowest BCUT2D eigenvalue weighted by Gasteiger charge is -2.48. The van der Waals surface area contributed by atoms with Crippen LogP contribution < -0.4 is 5.32 Å². The number of carbonyl (C=O) groups excluding carboxylic acids is 2. The fourth-order valence-corrected chi connectivity index (χ4v) is 4.86. The van der Waals surface area contributed by atoms with E-state index >= 15 is 0 Å². The molecule has 2 N–H and O–H groups in total. The van der Waals surface area contributed by atoms with Crippen molar-refractivity contribution in [1.82, 2.24) is 5.32 Å². The molecule has 0 aromatic rings. The van der Waals surface area contributed by atoms with E-state index in [-0.39, 0.29) is 32.3 Å². The number of esters is 1. The molecule has 6 heteroatoms. The van der Waals surface area contributed by atoms with E-state index in [1.54, 1.807) is 13.0 Å². The van der Waals surface area contributed by atoms with Crippen molar-refractivity contribution in [2.24, 2.45) is 17.3 Å². The molecule has 0 aromatic carbocycles. The van der Waals surface area contributed by atoms with Crippen molar-refractivity contribution < 1.29 is 25.6 Å². The number of fused-ring (bicyclic) bond motifs is 1. The lowest BCUT2D eigenvalue weighted by molar-refractivity contribution is -0.135. The monoisotopic (exact) mass is 411 g/mol. The average molecular weight is 412 g/mol. The summed E-state index contributed by atoms with van der Waals surface area (Å²) >= 11 is 0. The van der Waals surface area contributed by atoms with E-state index in [4.69, 9.17) is 14.6 Å². The summed E-state index contributed by atoms with van der Waals surface area (Å²) < 4.78 is 9.98. The van der Waals surface area contributed by atoms with Gasteiger partial charge in [0.2, 0.25) is 6.41 Å². The molecule has 0 aromatic heterocycles. The molecule has 3 rings (SSSR count). The van der Waals surface area contributed by atoms with E-state index in [1.165, 1.54) is 44.1 Å². The molecule has 6 nitrogen and oxygen atoms in total. The Kier molecular flexibility index (Phi) is 11.2. The minimum absolute atomic E-state index is 0. The van der Waals surface area contributed by atoms with Crippen LogP contribution in [0.3, 0.4) is 0 Å². The number of hydrogen-bond donors (Lipinski definition) is 2. The van der Waals surface area contributed by atoms with Crippen molar-refractivity contribution in [2.75, 3.05) is 20.0 Å². The largest absolute Gasteiger partial charge is 0.460 e. The van der Waals surface area contributed by atoms with Gasteiger partial charge in [0.05, 0.1) is 18.2 Å². The number of ether oxygens (including phenoxy) is 2. The van der Waals surface area contributed by atoms with Gasteiger partial charge in [-0.05, 0) is 56.3 Å². The van der Waals surface area contributed by atoms with E-state index in [1.807, 2.05) is 13.8 Å². The van der Waals surface area contributed by atoms with Crippen LogP contribution >= 0.6 is 0 Å². The van der Waals surface area contributed by atoms with Crippen LogP contribution in [0.5, 0.6) is 0 Å². The zero-order valence-electron chi connectivity index (χ0n) is 18.5. The molecule has 0 bridgehead atoms. The van der Waals surface area contributed by atoms with E-state index in [9.17, 15) is 9.59 Å². The summed E-state index contributed by atoms with van der Waals surface area (Å²) in [6.07, 6.45) is 9.81. The fourth-order valence-electron chi connectivity index (χ4n) is 4.86. The Morgan fingerprint density at radius 2 is 2.14 bits per heavy atom. The quantitative estimate of drug-likeness (QED) is 0.235. The molecule has 3 fully saturated rings. The van der Waals surface area contributed by atoms with Crippen LogP contribution in [0.1, 0.15) is 67.6 Å². The molecule has 168 valence electrons. The molecule has 1 heterocycles. The Balaban J connectivity index is 0.000000530. The minimum atomic E-state index is -0.341. The van der Waals surface area contributed by atoms with E-state index in [0.717, 1.165) is 18.4 Å². The van der Waals surface area contributed by atoms with Gasteiger partial charge >= 0.3 is 5.97 Å². The molecule has 2 saturated carbocycles. The molecule has 0 spiro atoms. The molecular formula is C23H41NO5. The van der Waals surface area contributed by atoms with Gasteiger partial charge in [0.1, 0.15) is 13.4 Å². The fraction of sp³-hybridized carbons (Fsp3) is 0.739. The van der Waals surface area contributed by atoms with E-state index in [2.05, 4.69) is 18.8 Å². The Morgan fingerprint density at radius 3 is 2.76 bits per heavy atom. The maximum absolute atomic E-state index is 10.8. The summed E-state index contributed by atoms with van der Waals surface area (Å²) in [5, 5.41) is 11.3. The summed E-state index contributed by atoms with van der Waals surface area (Å²) in [7, 11) is 0. The number of cyclic esters (lactones) is 1. The van der Waals surface area contributed by atoms with Crippen molar-refractivity contribution in [1.29, 1.82) is 0 Å². The molecule has 3 aliphatic rings. The second-order valence-electron chi connectivity index (χ2n) is 8.06. The van der Waals surface area contributed by atoms with E-state index < -0.39 is 0 Å². The van der Waals surface area contributed by atoms with Crippen LogP contribution in [0.15, 0.2) is 23.8 Å². The van der Waals surface area contributed by atoms with Gasteiger partial charge in [0, 0.05) is 1.43 Å². The van der Waals surface area contributed by atoms with Crippen molar-refractivity contribution in [3.63, 3.8) is 0 Å². The number of carbonyl (C=O) groups is 2. The SMILES string of the molecule is C/C=C1/C(=O)OCC1NC=O.C=C1CC[C@H]2C(CCC[C@@]2(C)COCO)C1.CC.[HH]. The number of nitrogens with one attached hydrogen (secondary N) is 1. The Morgan fingerprint density at radius 1 is 1.41 bits per heavy atom. The van der Waals surface area contributed by atoms with Crippen molar-refractivity contribution >= 4 is 12.4 Å². The predicted molar refractivity (Wildman–Crippen MR) is 116 cm³/mol. The Bertz CT molecular complexity index is 580. The highest BCUT2D eigenvalue weighted by atomic mass is 16.6. The number of hydrogen-bond acceptors (Lipinski definition) is 5. The first-order valence-electron chi connectivity index (χ1n) is 10.8. The maximum atomic E-state index is 10.8. The van der Waals surface area contributed by atoms with Crippen LogP contribution in [0.4, 0.5) is 0 Å². The second-order valence-corrected chi connectivity index (χ2v) is 8.06. The van der Waals surface area contributed by atoms with Crippen molar-refractivity contribution in [2.45, 2.75) is 72.3 Å². The van der Waals surface area contributed by atoms with Gasteiger partial charge in [-0.25, -0.2) is 4.79 Å². The first-order chi connectivity index (χ1) is 13.9. The van der Waals surface area contributed by atoms with Gasteiger partial charge in [-0.2, -0.15) is 0 Å². The van der Waals surface area contributed by atoms with Crippen LogP contribution in [0, 0.1) is 17.3 Å². The second kappa shape index (κ2) is 12.8. The molecular weight excluding hydrogens is 370 g/mol. The van der Waals surface area contributed by atoms with Crippen LogP contribution in [-0.2, 0) is 19.1 Å². The topological polar surface area (TPSA) is 84.9 Å².